The van der Waals surface area contributed by atoms with Gasteiger partial charge in [0, 0.05) is 17.1 Å². The van der Waals surface area contributed by atoms with Crippen molar-refractivity contribution >= 4 is 16.8 Å². The number of ether oxygens (including phenoxy) is 1. The number of rotatable bonds is 5. The van der Waals surface area contributed by atoms with Crippen molar-refractivity contribution in [2.75, 3.05) is 13.2 Å². The minimum atomic E-state index is -0.115. The molecule has 0 unspecified atom stereocenters. The molecule has 0 saturated heterocycles. The van der Waals surface area contributed by atoms with E-state index in [9.17, 15) is 4.79 Å². The SMILES string of the molecule is Cc1ccc(OCCNC(=O)c2cccc3ncccc23)cc1. The van der Waals surface area contributed by atoms with E-state index in [0.29, 0.717) is 18.7 Å². The van der Waals surface area contributed by atoms with Gasteiger partial charge in [0.2, 0.25) is 0 Å². The first kappa shape index (κ1) is 15.0. The lowest BCUT2D eigenvalue weighted by Gasteiger charge is -2.09. The number of aromatic nitrogens is 1. The molecular formula is C19H18N2O2. The number of carbonyl (C=O) groups excluding carboxylic acids is 1. The van der Waals surface area contributed by atoms with E-state index in [1.54, 1.807) is 12.3 Å². The normalized spacial score (nSPS) is 10.5. The molecule has 0 saturated carbocycles. The van der Waals surface area contributed by atoms with Crippen LogP contribution in [0.3, 0.4) is 0 Å². The molecule has 1 N–H and O–H groups in total. The second kappa shape index (κ2) is 6.92. The number of aryl methyl sites for hydroxylation is 1. The van der Waals surface area contributed by atoms with Crippen LogP contribution in [0.4, 0.5) is 0 Å². The van der Waals surface area contributed by atoms with Crippen LogP contribution in [0.2, 0.25) is 0 Å². The monoisotopic (exact) mass is 306 g/mol. The van der Waals surface area contributed by atoms with Crippen molar-refractivity contribution in [2.24, 2.45) is 0 Å². The molecule has 0 spiro atoms. The van der Waals surface area contributed by atoms with Gasteiger partial charge in [-0.2, -0.15) is 0 Å². The lowest BCUT2D eigenvalue weighted by atomic mass is 10.1. The zero-order valence-electron chi connectivity index (χ0n) is 13.0. The number of hydrogen-bond donors (Lipinski definition) is 1. The molecule has 0 bridgehead atoms. The molecule has 0 atom stereocenters. The van der Waals surface area contributed by atoms with E-state index in [1.807, 2.05) is 55.5 Å². The van der Waals surface area contributed by atoms with E-state index in [0.717, 1.165) is 16.7 Å². The third-order valence-corrected chi connectivity index (χ3v) is 3.57. The average molecular weight is 306 g/mol. The summed E-state index contributed by atoms with van der Waals surface area (Å²) in [4.78, 5) is 16.6. The molecule has 1 aromatic heterocycles. The van der Waals surface area contributed by atoms with Crippen molar-refractivity contribution in [1.82, 2.24) is 10.3 Å². The van der Waals surface area contributed by atoms with Crippen LogP contribution in [0, 0.1) is 6.92 Å². The predicted octanol–water partition coefficient (Wildman–Crippen LogP) is 3.35. The van der Waals surface area contributed by atoms with Gasteiger partial charge >= 0.3 is 0 Å². The van der Waals surface area contributed by atoms with Crippen molar-refractivity contribution in [2.45, 2.75) is 6.92 Å². The highest BCUT2D eigenvalue weighted by molar-refractivity contribution is 6.06. The van der Waals surface area contributed by atoms with E-state index >= 15 is 0 Å². The fraction of sp³-hybridized carbons (Fsp3) is 0.158. The second-order valence-electron chi connectivity index (χ2n) is 5.29. The van der Waals surface area contributed by atoms with Gasteiger partial charge in [-0.3, -0.25) is 9.78 Å². The van der Waals surface area contributed by atoms with Crippen LogP contribution in [0.5, 0.6) is 5.75 Å². The molecule has 116 valence electrons. The van der Waals surface area contributed by atoms with Crippen molar-refractivity contribution in [1.29, 1.82) is 0 Å². The van der Waals surface area contributed by atoms with Crippen molar-refractivity contribution in [3.8, 4) is 5.75 Å². The minimum Gasteiger partial charge on any atom is -0.492 e. The molecule has 23 heavy (non-hydrogen) atoms. The standard InChI is InChI=1S/C19H18N2O2/c1-14-7-9-15(10-8-14)23-13-12-21-19(22)17-4-2-6-18-16(17)5-3-11-20-18/h2-11H,12-13H2,1H3,(H,21,22). The Morgan fingerprint density at radius 2 is 1.91 bits per heavy atom. The van der Waals surface area contributed by atoms with Crippen molar-refractivity contribution < 1.29 is 9.53 Å². The summed E-state index contributed by atoms with van der Waals surface area (Å²) in [5.74, 6) is 0.690. The Morgan fingerprint density at radius 3 is 2.74 bits per heavy atom. The first-order chi connectivity index (χ1) is 11.2. The van der Waals surface area contributed by atoms with Gasteiger partial charge in [0.25, 0.3) is 5.91 Å². The van der Waals surface area contributed by atoms with Crippen molar-refractivity contribution in [3.63, 3.8) is 0 Å². The number of amides is 1. The number of fused-ring (bicyclic) bond motifs is 1. The summed E-state index contributed by atoms with van der Waals surface area (Å²) in [6.07, 6.45) is 1.72. The number of nitrogens with one attached hydrogen (secondary N) is 1. The summed E-state index contributed by atoms with van der Waals surface area (Å²) in [7, 11) is 0. The van der Waals surface area contributed by atoms with Gasteiger partial charge in [-0.15, -0.1) is 0 Å². The molecule has 1 heterocycles. The second-order valence-corrected chi connectivity index (χ2v) is 5.29. The largest absolute Gasteiger partial charge is 0.492 e. The number of nitrogens with zero attached hydrogens (tertiary/aromatic N) is 1. The topological polar surface area (TPSA) is 51.2 Å². The molecule has 0 aliphatic carbocycles. The maximum atomic E-state index is 12.3. The van der Waals surface area contributed by atoms with Crippen LogP contribution in [-0.2, 0) is 0 Å². The molecule has 1 amide bonds. The quantitative estimate of drug-likeness (QED) is 0.735. The first-order valence-corrected chi connectivity index (χ1v) is 7.55. The minimum absolute atomic E-state index is 0.115. The smallest absolute Gasteiger partial charge is 0.252 e. The molecule has 0 aliphatic heterocycles. The zero-order valence-corrected chi connectivity index (χ0v) is 13.0. The van der Waals surface area contributed by atoms with Gasteiger partial charge < -0.3 is 10.1 Å². The maximum Gasteiger partial charge on any atom is 0.252 e. The Labute approximate surface area is 135 Å². The predicted molar refractivity (Wildman–Crippen MR) is 90.8 cm³/mol. The summed E-state index contributed by atoms with van der Waals surface area (Å²) in [5, 5.41) is 3.73. The van der Waals surface area contributed by atoms with Crippen LogP contribution >= 0.6 is 0 Å². The average Bonchev–Trinajstić information content (AvgIpc) is 2.59. The van der Waals surface area contributed by atoms with Crippen LogP contribution in [-0.4, -0.2) is 24.0 Å². The molecule has 2 aromatic carbocycles. The Balaban J connectivity index is 1.57. The highest BCUT2D eigenvalue weighted by Gasteiger charge is 2.09. The maximum absolute atomic E-state index is 12.3. The Hall–Kier alpha value is -2.88. The fourth-order valence-corrected chi connectivity index (χ4v) is 2.36. The van der Waals surface area contributed by atoms with E-state index in [1.165, 1.54) is 5.56 Å². The Morgan fingerprint density at radius 1 is 1.09 bits per heavy atom. The Kier molecular flexibility index (Phi) is 4.52. The van der Waals surface area contributed by atoms with Crippen LogP contribution < -0.4 is 10.1 Å². The summed E-state index contributed by atoms with van der Waals surface area (Å²) in [5.41, 5.74) is 2.64. The molecule has 0 radical (unpaired) electrons. The molecule has 4 nitrogen and oxygen atoms in total. The first-order valence-electron chi connectivity index (χ1n) is 7.55. The van der Waals surface area contributed by atoms with E-state index in [2.05, 4.69) is 10.3 Å². The number of pyridine rings is 1. The molecule has 3 rings (SSSR count). The lowest BCUT2D eigenvalue weighted by Crippen LogP contribution is -2.28. The number of carbonyl (C=O) groups is 1. The van der Waals surface area contributed by atoms with E-state index < -0.39 is 0 Å². The van der Waals surface area contributed by atoms with Crippen LogP contribution in [0.15, 0.2) is 60.8 Å². The van der Waals surface area contributed by atoms with E-state index in [4.69, 9.17) is 4.74 Å². The number of benzene rings is 2. The molecule has 0 fully saturated rings. The third-order valence-electron chi connectivity index (χ3n) is 3.57. The highest BCUT2D eigenvalue weighted by atomic mass is 16.5. The summed E-state index contributed by atoms with van der Waals surface area (Å²) in [6.45, 7) is 2.91. The fourth-order valence-electron chi connectivity index (χ4n) is 2.36. The molecule has 4 heteroatoms. The third kappa shape index (κ3) is 3.66. The van der Waals surface area contributed by atoms with Gasteiger partial charge in [0.15, 0.2) is 0 Å². The van der Waals surface area contributed by atoms with E-state index in [-0.39, 0.29) is 5.91 Å². The lowest BCUT2D eigenvalue weighted by molar-refractivity contribution is 0.0948. The summed E-state index contributed by atoms with van der Waals surface area (Å²) >= 11 is 0. The van der Waals surface area contributed by atoms with Gasteiger partial charge in [-0.05, 0) is 37.3 Å². The van der Waals surface area contributed by atoms with Gasteiger partial charge in [-0.25, -0.2) is 0 Å². The van der Waals surface area contributed by atoms with Crippen molar-refractivity contribution in [3.05, 3.63) is 71.9 Å². The summed E-state index contributed by atoms with van der Waals surface area (Å²) < 4.78 is 5.61. The van der Waals surface area contributed by atoms with Crippen LogP contribution in [0.25, 0.3) is 10.9 Å². The van der Waals surface area contributed by atoms with Gasteiger partial charge in [0.1, 0.15) is 12.4 Å². The summed E-state index contributed by atoms with van der Waals surface area (Å²) in [6, 6.07) is 17.1. The van der Waals surface area contributed by atoms with Gasteiger partial charge in [0.05, 0.1) is 12.1 Å². The highest BCUT2D eigenvalue weighted by Crippen LogP contribution is 2.16. The molecule has 3 aromatic rings. The molecular weight excluding hydrogens is 288 g/mol. The van der Waals surface area contributed by atoms with Gasteiger partial charge in [-0.1, -0.05) is 29.8 Å². The van der Waals surface area contributed by atoms with Crippen LogP contribution in [0.1, 0.15) is 15.9 Å². The zero-order chi connectivity index (χ0) is 16.1. The molecule has 0 aliphatic rings. The Bertz CT molecular complexity index is 808. The number of hydrogen-bond acceptors (Lipinski definition) is 3.